The van der Waals surface area contributed by atoms with E-state index in [1.54, 1.807) is 7.05 Å². The largest absolute Gasteiger partial charge is 0.349 e. The first-order chi connectivity index (χ1) is 10.1. The van der Waals surface area contributed by atoms with Crippen LogP contribution in [0.1, 0.15) is 27.2 Å². The third kappa shape index (κ3) is 6.86. The lowest BCUT2D eigenvalue weighted by Crippen LogP contribution is -2.54. The summed E-state index contributed by atoms with van der Waals surface area (Å²) in [5.41, 5.74) is 5.16. The highest BCUT2D eigenvalue weighted by Gasteiger charge is 2.26. The Kier molecular flexibility index (Phi) is 8.19. The predicted molar refractivity (Wildman–Crippen MR) is 90.7 cm³/mol. The number of halogens is 1. The summed E-state index contributed by atoms with van der Waals surface area (Å²) in [6, 6.07) is 0. The zero-order chi connectivity index (χ0) is 17.0. The van der Waals surface area contributed by atoms with Gasteiger partial charge in [0.2, 0.25) is 15.9 Å². The molecule has 0 spiro atoms. The van der Waals surface area contributed by atoms with Gasteiger partial charge in [0.25, 0.3) is 0 Å². The molecule has 134 valence electrons. The minimum Gasteiger partial charge on any atom is -0.349 e. The minimum absolute atomic E-state index is 0. The average molecular weight is 368 g/mol. The molecule has 1 unspecified atom stereocenters. The SMILES string of the molecule is CC(C)CC(C)(CN)NC(=O)CNS(=O)(=O)c1cnn(C)c1.Cl. The van der Waals surface area contributed by atoms with E-state index in [0.717, 1.165) is 0 Å². The van der Waals surface area contributed by atoms with Crippen LogP contribution in [0.5, 0.6) is 0 Å². The molecule has 23 heavy (non-hydrogen) atoms. The lowest BCUT2D eigenvalue weighted by molar-refractivity contribution is -0.121. The molecule has 0 saturated heterocycles. The maximum atomic E-state index is 12.0. The van der Waals surface area contributed by atoms with Gasteiger partial charge in [0.15, 0.2) is 0 Å². The Balaban J connectivity index is 0.00000484. The fourth-order valence-corrected chi connectivity index (χ4v) is 3.21. The molecule has 8 nitrogen and oxygen atoms in total. The van der Waals surface area contributed by atoms with Crippen LogP contribution in [0.3, 0.4) is 0 Å². The van der Waals surface area contributed by atoms with Crippen LogP contribution >= 0.6 is 12.4 Å². The van der Waals surface area contributed by atoms with Crippen LogP contribution in [-0.4, -0.2) is 42.7 Å². The van der Waals surface area contributed by atoms with E-state index >= 15 is 0 Å². The molecule has 10 heteroatoms. The lowest BCUT2D eigenvalue weighted by Gasteiger charge is -2.31. The van der Waals surface area contributed by atoms with Crippen molar-refractivity contribution >= 4 is 28.3 Å². The number of aryl methyl sites for hydroxylation is 1. The number of nitrogens with zero attached hydrogens (tertiary/aromatic N) is 2. The Morgan fingerprint density at radius 2 is 2.09 bits per heavy atom. The van der Waals surface area contributed by atoms with Crippen molar-refractivity contribution in [2.75, 3.05) is 13.1 Å². The van der Waals surface area contributed by atoms with Gasteiger partial charge >= 0.3 is 0 Å². The third-order valence-electron chi connectivity index (χ3n) is 3.16. The van der Waals surface area contributed by atoms with Crippen molar-refractivity contribution in [3.05, 3.63) is 12.4 Å². The van der Waals surface area contributed by atoms with Crippen molar-refractivity contribution in [3.63, 3.8) is 0 Å². The molecule has 1 amide bonds. The average Bonchev–Trinajstić information content (AvgIpc) is 2.83. The number of sulfonamides is 1. The van der Waals surface area contributed by atoms with Gasteiger partial charge in [-0.05, 0) is 19.3 Å². The Hall–Kier alpha value is -1.16. The number of rotatable bonds is 8. The molecule has 0 aliphatic carbocycles. The third-order valence-corrected chi connectivity index (χ3v) is 4.52. The molecular weight excluding hydrogens is 342 g/mol. The summed E-state index contributed by atoms with van der Waals surface area (Å²) >= 11 is 0. The van der Waals surface area contributed by atoms with Gasteiger partial charge in [0.1, 0.15) is 4.90 Å². The first-order valence-corrected chi connectivity index (χ1v) is 8.56. The van der Waals surface area contributed by atoms with E-state index in [0.29, 0.717) is 12.3 Å². The molecule has 0 saturated carbocycles. The Labute approximate surface area is 143 Å². The maximum Gasteiger partial charge on any atom is 0.244 e. The number of nitrogens with one attached hydrogen (secondary N) is 2. The van der Waals surface area contributed by atoms with E-state index in [1.807, 2.05) is 20.8 Å². The van der Waals surface area contributed by atoms with E-state index in [-0.39, 0.29) is 30.4 Å². The Morgan fingerprint density at radius 1 is 1.48 bits per heavy atom. The second kappa shape index (κ2) is 8.62. The molecule has 0 bridgehead atoms. The van der Waals surface area contributed by atoms with E-state index in [4.69, 9.17) is 5.73 Å². The van der Waals surface area contributed by atoms with Crippen LogP contribution in [0.25, 0.3) is 0 Å². The molecule has 0 aliphatic heterocycles. The van der Waals surface area contributed by atoms with Gasteiger partial charge in [-0.1, -0.05) is 13.8 Å². The van der Waals surface area contributed by atoms with Crippen LogP contribution in [-0.2, 0) is 21.9 Å². The van der Waals surface area contributed by atoms with Gasteiger partial charge in [0.05, 0.1) is 12.7 Å². The Bertz CT molecular complexity index is 617. The molecule has 1 heterocycles. The minimum atomic E-state index is -3.75. The highest BCUT2D eigenvalue weighted by atomic mass is 35.5. The summed E-state index contributed by atoms with van der Waals surface area (Å²) in [5, 5.41) is 6.59. The molecule has 0 fully saturated rings. The van der Waals surface area contributed by atoms with Crippen LogP contribution < -0.4 is 15.8 Å². The van der Waals surface area contributed by atoms with E-state index in [9.17, 15) is 13.2 Å². The number of carbonyl (C=O) groups excluding carboxylic acids is 1. The lowest BCUT2D eigenvalue weighted by atomic mass is 9.91. The Morgan fingerprint density at radius 3 is 2.52 bits per heavy atom. The van der Waals surface area contributed by atoms with Crippen molar-refractivity contribution < 1.29 is 13.2 Å². The zero-order valence-corrected chi connectivity index (χ0v) is 15.5. The number of hydrogen-bond acceptors (Lipinski definition) is 5. The van der Waals surface area contributed by atoms with Gasteiger partial charge in [-0.2, -0.15) is 5.10 Å². The van der Waals surface area contributed by atoms with Crippen molar-refractivity contribution in [1.82, 2.24) is 19.8 Å². The van der Waals surface area contributed by atoms with E-state index in [2.05, 4.69) is 15.1 Å². The van der Waals surface area contributed by atoms with E-state index < -0.39 is 21.5 Å². The maximum absolute atomic E-state index is 12.0. The van der Waals surface area contributed by atoms with Crippen molar-refractivity contribution in [2.45, 2.75) is 37.6 Å². The number of carbonyl (C=O) groups is 1. The fourth-order valence-electron chi connectivity index (χ4n) is 2.25. The summed E-state index contributed by atoms with van der Waals surface area (Å²) in [6.07, 6.45) is 3.30. The number of amides is 1. The zero-order valence-electron chi connectivity index (χ0n) is 13.9. The van der Waals surface area contributed by atoms with Crippen molar-refractivity contribution in [3.8, 4) is 0 Å². The van der Waals surface area contributed by atoms with E-state index in [1.165, 1.54) is 17.1 Å². The van der Waals surface area contributed by atoms with Crippen LogP contribution in [0, 0.1) is 5.92 Å². The highest BCUT2D eigenvalue weighted by Crippen LogP contribution is 2.15. The van der Waals surface area contributed by atoms with Crippen LogP contribution in [0.15, 0.2) is 17.3 Å². The molecule has 1 aromatic heterocycles. The highest BCUT2D eigenvalue weighted by molar-refractivity contribution is 7.89. The topological polar surface area (TPSA) is 119 Å². The predicted octanol–water partition coefficient (Wildman–Crippen LogP) is -0.0001000. The molecule has 1 rings (SSSR count). The fraction of sp³-hybridized carbons (Fsp3) is 0.692. The summed E-state index contributed by atoms with van der Waals surface area (Å²) < 4.78 is 27.6. The molecule has 0 aliphatic rings. The van der Waals surface area contributed by atoms with Gasteiger partial charge in [-0.25, -0.2) is 13.1 Å². The number of hydrogen-bond donors (Lipinski definition) is 3. The number of nitrogens with two attached hydrogens (primary N) is 1. The monoisotopic (exact) mass is 367 g/mol. The molecule has 4 N–H and O–H groups in total. The smallest absolute Gasteiger partial charge is 0.244 e. The van der Waals surface area contributed by atoms with Crippen molar-refractivity contribution in [1.29, 1.82) is 0 Å². The summed E-state index contributed by atoms with van der Waals surface area (Å²) in [7, 11) is -2.13. The molecule has 0 radical (unpaired) electrons. The summed E-state index contributed by atoms with van der Waals surface area (Å²) in [5.74, 6) is -0.0537. The summed E-state index contributed by atoms with van der Waals surface area (Å²) in [4.78, 5) is 12.0. The first-order valence-electron chi connectivity index (χ1n) is 7.07. The van der Waals surface area contributed by atoms with Gasteiger partial charge in [-0.15, -0.1) is 12.4 Å². The normalized spacial score (nSPS) is 14.2. The standard InChI is InChI=1S/C13H25N5O3S.ClH/c1-10(2)5-13(3,9-14)17-12(19)7-16-22(20,21)11-6-15-18(4)8-11;/h6,8,10,16H,5,7,9,14H2,1-4H3,(H,17,19);1H. The van der Waals surface area contributed by atoms with Gasteiger partial charge in [0, 0.05) is 25.3 Å². The van der Waals surface area contributed by atoms with Gasteiger partial charge in [-0.3, -0.25) is 9.48 Å². The number of aromatic nitrogens is 2. The second-order valence-electron chi connectivity index (χ2n) is 6.09. The van der Waals surface area contributed by atoms with Crippen LogP contribution in [0.2, 0.25) is 0 Å². The molecule has 1 atom stereocenters. The molecule has 1 aromatic rings. The first kappa shape index (κ1) is 21.8. The van der Waals surface area contributed by atoms with Crippen LogP contribution in [0.4, 0.5) is 0 Å². The summed E-state index contributed by atoms with van der Waals surface area (Å²) in [6.45, 7) is 5.86. The molecule has 0 aromatic carbocycles. The quantitative estimate of drug-likeness (QED) is 0.597. The van der Waals surface area contributed by atoms with Gasteiger partial charge < -0.3 is 11.1 Å². The van der Waals surface area contributed by atoms with Crippen molar-refractivity contribution in [2.24, 2.45) is 18.7 Å². The molecular formula is C13H26ClN5O3S. The second-order valence-corrected chi connectivity index (χ2v) is 7.85.